The van der Waals surface area contributed by atoms with Crippen LogP contribution in [0.2, 0.25) is 0 Å². The molecule has 2 rings (SSSR count). The third kappa shape index (κ3) is 4.10. The minimum atomic E-state index is -0.145. The van der Waals surface area contributed by atoms with Crippen molar-refractivity contribution in [3.05, 3.63) is 41.8 Å². The largest absolute Gasteiger partial charge is 0.492 e. The van der Waals surface area contributed by atoms with Crippen molar-refractivity contribution in [3.63, 3.8) is 0 Å². The quantitative estimate of drug-likeness (QED) is 0.833. The number of carbonyl (C=O) groups excluding carboxylic acids is 1. The Labute approximate surface area is 116 Å². The lowest BCUT2D eigenvalue weighted by molar-refractivity contribution is -0.115. The van der Waals surface area contributed by atoms with Crippen LogP contribution in [0.3, 0.4) is 0 Å². The molecule has 0 unspecified atom stereocenters. The number of anilines is 1. The molecule has 1 aromatic carbocycles. The maximum atomic E-state index is 11.8. The number of nitrogens with two attached hydrogens (primary N) is 1. The van der Waals surface area contributed by atoms with Crippen molar-refractivity contribution in [2.45, 2.75) is 13.3 Å². The van der Waals surface area contributed by atoms with Crippen molar-refractivity contribution in [1.82, 2.24) is 5.16 Å². The Morgan fingerprint density at radius 2 is 2.15 bits per heavy atom. The van der Waals surface area contributed by atoms with Gasteiger partial charge in [0.05, 0.1) is 12.1 Å². The first-order chi connectivity index (χ1) is 9.67. The zero-order valence-corrected chi connectivity index (χ0v) is 11.3. The van der Waals surface area contributed by atoms with Crippen LogP contribution in [0.1, 0.15) is 11.5 Å². The first-order valence-electron chi connectivity index (χ1n) is 6.32. The summed E-state index contributed by atoms with van der Waals surface area (Å²) >= 11 is 0. The minimum absolute atomic E-state index is 0.145. The van der Waals surface area contributed by atoms with Crippen LogP contribution >= 0.6 is 0 Å². The van der Waals surface area contributed by atoms with Crippen LogP contribution in [0.5, 0.6) is 5.75 Å². The molecule has 0 radical (unpaired) electrons. The molecular weight excluding hydrogens is 258 g/mol. The van der Waals surface area contributed by atoms with E-state index in [2.05, 4.69) is 10.5 Å². The molecule has 0 spiro atoms. The second-order valence-electron chi connectivity index (χ2n) is 4.32. The van der Waals surface area contributed by atoms with Gasteiger partial charge in [0.15, 0.2) is 0 Å². The Hall–Kier alpha value is -2.34. The molecule has 0 saturated carbocycles. The molecule has 0 atom stereocenters. The van der Waals surface area contributed by atoms with Crippen molar-refractivity contribution >= 4 is 11.6 Å². The van der Waals surface area contributed by atoms with E-state index in [0.717, 1.165) is 5.75 Å². The van der Waals surface area contributed by atoms with Crippen LogP contribution in [0.4, 0.5) is 5.69 Å². The minimum Gasteiger partial charge on any atom is -0.492 e. The fourth-order valence-electron chi connectivity index (χ4n) is 1.68. The van der Waals surface area contributed by atoms with E-state index in [9.17, 15) is 4.79 Å². The van der Waals surface area contributed by atoms with Gasteiger partial charge in [-0.05, 0) is 31.2 Å². The standard InChI is InChI=1S/C14H17N3O3/c1-10-8-12(17-20-10)9-14(18)16-11-2-4-13(5-3-11)19-7-6-15/h2-5,8H,6-7,9,15H2,1H3,(H,16,18). The first-order valence-corrected chi connectivity index (χ1v) is 6.32. The Bertz CT molecular complexity index is 563. The molecule has 2 aromatic rings. The van der Waals surface area contributed by atoms with Gasteiger partial charge in [-0.25, -0.2) is 0 Å². The van der Waals surface area contributed by atoms with Gasteiger partial charge in [0.2, 0.25) is 5.91 Å². The highest BCUT2D eigenvalue weighted by Gasteiger charge is 2.08. The summed E-state index contributed by atoms with van der Waals surface area (Å²) in [6.45, 7) is 2.72. The van der Waals surface area contributed by atoms with Gasteiger partial charge in [-0.15, -0.1) is 0 Å². The summed E-state index contributed by atoms with van der Waals surface area (Å²) in [5, 5.41) is 6.56. The highest BCUT2D eigenvalue weighted by Crippen LogP contribution is 2.15. The average Bonchev–Trinajstić information content (AvgIpc) is 2.83. The zero-order chi connectivity index (χ0) is 14.4. The van der Waals surface area contributed by atoms with E-state index in [-0.39, 0.29) is 12.3 Å². The van der Waals surface area contributed by atoms with Gasteiger partial charge in [-0.2, -0.15) is 0 Å². The number of aromatic nitrogens is 1. The molecule has 0 aliphatic carbocycles. The highest BCUT2D eigenvalue weighted by atomic mass is 16.5. The molecule has 0 aliphatic rings. The number of hydrogen-bond donors (Lipinski definition) is 2. The Morgan fingerprint density at radius 1 is 1.40 bits per heavy atom. The molecule has 0 aliphatic heterocycles. The normalized spacial score (nSPS) is 10.3. The number of rotatable bonds is 6. The number of hydrogen-bond acceptors (Lipinski definition) is 5. The molecule has 6 nitrogen and oxygen atoms in total. The fourth-order valence-corrected chi connectivity index (χ4v) is 1.68. The van der Waals surface area contributed by atoms with Gasteiger partial charge < -0.3 is 20.3 Å². The second kappa shape index (κ2) is 6.72. The third-order valence-electron chi connectivity index (χ3n) is 2.54. The van der Waals surface area contributed by atoms with Gasteiger partial charge in [0.1, 0.15) is 18.1 Å². The summed E-state index contributed by atoms with van der Waals surface area (Å²) in [6, 6.07) is 8.86. The monoisotopic (exact) mass is 275 g/mol. The second-order valence-corrected chi connectivity index (χ2v) is 4.32. The summed E-state index contributed by atoms with van der Waals surface area (Å²) in [7, 11) is 0. The average molecular weight is 275 g/mol. The van der Waals surface area contributed by atoms with Crippen LogP contribution in [-0.4, -0.2) is 24.2 Å². The summed E-state index contributed by atoms with van der Waals surface area (Å²) < 4.78 is 10.3. The zero-order valence-electron chi connectivity index (χ0n) is 11.3. The molecule has 0 fully saturated rings. The van der Waals surface area contributed by atoms with E-state index in [4.69, 9.17) is 15.0 Å². The molecule has 6 heteroatoms. The fraction of sp³-hybridized carbons (Fsp3) is 0.286. The van der Waals surface area contributed by atoms with Crippen molar-refractivity contribution in [2.24, 2.45) is 5.73 Å². The van der Waals surface area contributed by atoms with Crippen molar-refractivity contribution < 1.29 is 14.1 Å². The maximum absolute atomic E-state index is 11.8. The summed E-state index contributed by atoms with van der Waals surface area (Å²) in [5.41, 5.74) is 6.67. The lowest BCUT2D eigenvalue weighted by Gasteiger charge is -2.07. The number of ether oxygens (including phenoxy) is 1. The summed E-state index contributed by atoms with van der Waals surface area (Å²) in [5.74, 6) is 1.27. The van der Waals surface area contributed by atoms with Gasteiger partial charge in [-0.3, -0.25) is 4.79 Å². The Kier molecular flexibility index (Phi) is 4.73. The molecule has 106 valence electrons. The Morgan fingerprint density at radius 3 is 2.75 bits per heavy atom. The number of aryl methyl sites for hydroxylation is 1. The SMILES string of the molecule is Cc1cc(CC(=O)Nc2ccc(OCCN)cc2)no1. The van der Waals surface area contributed by atoms with Gasteiger partial charge in [-0.1, -0.05) is 5.16 Å². The first kappa shape index (κ1) is 14.1. The van der Waals surface area contributed by atoms with Gasteiger partial charge in [0.25, 0.3) is 0 Å². The van der Waals surface area contributed by atoms with E-state index in [1.807, 2.05) is 0 Å². The number of nitrogens with zero attached hydrogens (tertiary/aromatic N) is 1. The van der Waals surface area contributed by atoms with Crippen LogP contribution in [0, 0.1) is 6.92 Å². The third-order valence-corrected chi connectivity index (χ3v) is 2.54. The molecule has 1 aromatic heterocycles. The molecule has 0 saturated heterocycles. The summed E-state index contributed by atoms with van der Waals surface area (Å²) in [6.07, 6.45) is 0.183. The number of nitrogens with one attached hydrogen (secondary N) is 1. The molecule has 3 N–H and O–H groups in total. The predicted octanol–water partition coefficient (Wildman–Crippen LogP) is 1.50. The van der Waals surface area contributed by atoms with Crippen LogP contribution in [0.15, 0.2) is 34.9 Å². The number of amides is 1. The lowest BCUT2D eigenvalue weighted by Crippen LogP contribution is -2.14. The van der Waals surface area contributed by atoms with E-state index >= 15 is 0 Å². The summed E-state index contributed by atoms with van der Waals surface area (Å²) in [4.78, 5) is 11.8. The van der Waals surface area contributed by atoms with Gasteiger partial charge >= 0.3 is 0 Å². The van der Waals surface area contributed by atoms with Crippen LogP contribution in [0.25, 0.3) is 0 Å². The van der Waals surface area contributed by atoms with E-state index in [0.29, 0.717) is 30.3 Å². The number of carbonyl (C=O) groups is 1. The molecular formula is C14H17N3O3. The molecule has 1 amide bonds. The van der Waals surface area contributed by atoms with Crippen LogP contribution < -0.4 is 15.8 Å². The smallest absolute Gasteiger partial charge is 0.230 e. The van der Waals surface area contributed by atoms with E-state index in [1.165, 1.54) is 0 Å². The highest BCUT2D eigenvalue weighted by molar-refractivity contribution is 5.92. The molecule has 20 heavy (non-hydrogen) atoms. The van der Waals surface area contributed by atoms with Gasteiger partial charge in [0, 0.05) is 18.3 Å². The van der Waals surface area contributed by atoms with E-state index in [1.54, 1.807) is 37.3 Å². The van der Waals surface area contributed by atoms with E-state index < -0.39 is 0 Å². The lowest BCUT2D eigenvalue weighted by atomic mass is 10.2. The predicted molar refractivity (Wildman–Crippen MR) is 74.6 cm³/mol. The van der Waals surface area contributed by atoms with Crippen molar-refractivity contribution in [2.75, 3.05) is 18.5 Å². The molecule has 0 bridgehead atoms. The van der Waals surface area contributed by atoms with Crippen molar-refractivity contribution in [3.8, 4) is 5.75 Å². The van der Waals surface area contributed by atoms with Crippen molar-refractivity contribution in [1.29, 1.82) is 0 Å². The Balaban J connectivity index is 1.87. The molecule has 1 heterocycles. The number of benzene rings is 1. The topological polar surface area (TPSA) is 90.4 Å². The maximum Gasteiger partial charge on any atom is 0.230 e. The van der Waals surface area contributed by atoms with Crippen LogP contribution in [-0.2, 0) is 11.2 Å².